The van der Waals surface area contributed by atoms with Gasteiger partial charge in [0.05, 0.1) is 0 Å². The Morgan fingerprint density at radius 2 is 2.53 bits per heavy atom. The van der Waals surface area contributed by atoms with E-state index in [1.165, 1.54) is 0 Å². The predicted octanol–water partition coefficient (Wildman–Crippen LogP) is -0.151. The molecule has 1 aliphatic heterocycles. The lowest BCUT2D eigenvalue weighted by Crippen LogP contribution is -2.11. The minimum Gasteiger partial charge on any atom is -0.481 e. The fraction of sp³-hybridized carbons (Fsp3) is 0.667. The summed E-state index contributed by atoms with van der Waals surface area (Å²) in [6.07, 6.45) is 1.68. The number of nitrogens with zero attached hydrogens (tertiary/aromatic N) is 2. The maximum absolute atomic E-state index is 10.4. The van der Waals surface area contributed by atoms with Crippen molar-refractivity contribution in [3.63, 3.8) is 0 Å². The Morgan fingerprint density at radius 1 is 1.67 bits per heavy atom. The molecule has 2 heterocycles. The third kappa shape index (κ3) is 2.76. The van der Waals surface area contributed by atoms with Crippen LogP contribution in [0.5, 0.6) is 0 Å². The number of rotatable bonds is 4. The van der Waals surface area contributed by atoms with Crippen LogP contribution in [0.3, 0.4) is 0 Å². The van der Waals surface area contributed by atoms with E-state index in [4.69, 9.17) is 9.63 Å². The average Bonchev–Trinajstić information content (AvgIpc) is 2.77. The van der Waals surface area contributed by atoms with Crippen molar-refractivity contribution in [2.75, 3.05) is 13.1 Å². The highest BCUT2D eigenvalue weighted by Gasteiger charge is 2.18. The normalized spacial score (nSPS) is 20.7. The Balaban J connectivity index is 1.91. The van der Waals surface area contributed by atoms with Crippen LogP contribution >= 0.6 is 0 Å². The topological polar surface area (TPSA) is 88.2 Å². The van der Waals surface area contributed by atoms with Gasteiger partial charge in [0.25, 0.3) is 0 Å². The smallest absolute Gasteiger partial charge is 0.312 e. The number of hydrogen-bond donors (Lipinski definition) is 2. The molecule has 1 atom stereocenters. The number of aromatic nitrogens is 2. The molecule has 0 radical (unpaired) electrons. The molecule has 1 aliphatic rings. The predicted molar refractivity (Wildman–Crippen MR) is 50.3 cm³/mol. The van der Waals surface area contributed by atoms with Crippen LogP contribution in [0.4, 0.5) is 0 Å². The molecule has 1 aromatic rings. The first-order valence-corrected chi connectivity index (χ1v) is 4.98. The van der Waals surface area contributed by atoms with Crippen LogP contribution in [-0.4, -0.2) is 34.3 Å². The minimum absolute atomic E-state index is 0.184. The summed E-state index contributed by atoms with van der Waals surface area (Å²) >= 11 is 0. The van der Waals surface area contributed by atoms with Crippen molar-refractivity contribution in [1.82, 2.24) is 15.5 Å². The summed E-state index contributed by atoms with van der Waals surface area (Å²) in [7, 11) is 0. The van der Waals surface area contributed by atoms with Crippen molar-refractivity contribution < 1.29 is 14.4 Å². The highest BCUT2D eigenvalue weighted by atomic mass is 16.5. The van der Waals surface area contributed by atoms with Gasteiger partial charge in [-0.2, -0.15) is 4.98 Å². The Hall–Kier alpha value is -1.43. The quantitative estimate of drug-likeness (QED) is 0.720. The van der Waals surface area contributed by atoms with E-state index in [0.29, 0.717) is 11.7 Å². The lowest BCUT2D eigenvalue weighted by molar-refractivity contribution is -0.136. The van der Waals surface area contributed by atoms with E-state index in [1.807, 2.05) is 0 Å². The van der Waals surface area contributed by atoms with E-state index >= 15 is 0 Å². The van der Waals surface area contributed by atoms with Crippen LogP contribution in [0.25, 0.3) is 0 Å². The SMILES string of the molecule is O=C(O)Cc1nc(CC2CCNC2)no1. The number of carbonyl (C=O) groups is 1. The monoisotopic (exact) mass is 211 g/mol. The molecule has 0 amide bonds. The number of hydrogen-bond acceptors (Lipinski definition) is 5. The van der Waals surface area contributed by atoms with Gasteiger partial charge in [-0.3, -0.25) is 4.79 Å². The number of aliphatic carboxylic acids is 1. The van der Waals surface area contributed by atoms with Gasteiger partial charge in [-0.05, 0) is 25.4 Å². The second-order valence-corrected chi connectivity index (χ2v) is 3.74. The molecule has 0 aliphatic carbocycles. The van der Waals surface area contributed by atoms with Crippen LogP contribution in [0.1, 0.15) is 18.1 Å². The standard InChI is InChI=1S/C9H13N3O3/c13-9(14)4-8-11-7(12-15-8)3-6-1-2-10-5-6/h6,10H,1-5H2,(H,13,14). The maximum Gasteiger partial charge on any atom is 0.312 e. The van der Waals surface area contributed by atoms with E-state index < -0.39 is 5.97 Å². The fourth-order valence-electron chi connectivity index (χ4n) is 1.72. The Labute approximate surface area is 86.7 Å². The lowest BCUT2D eigenvalue weighted by atomic mass is 10.1. The molecule has 0 saturated carbocycles. The number of carboxylic acids is 1. The summed E-state index contributed by atoms with van der Waals surface area (Å²) in [5.74, 6) is 0.386. The summed E-state index contributed by atoms with van der Waals surface area (Å²) < 4.78 is 4.82. The van der Waals surface area contributed by atoms with Crippen molar-refractivity contribution in [1.29, 1.82) is 0 Å². The molecular weight excluding hydrogens is 198 g/mol. The summed E-state index contributed by atoms with van der Waals surface area (Å²) in [4.78, 5) is 14.4. The zero-order valence-electron chi connectivity index (χ0n) is 8.27. The van der Waals surface area contributed by atoms with Crippen molar-refractivity contribution in [3.05, 3.63) is 11.7 Å². The molecule has 2 N–H and O–H groups in total. The van der Waals surface area contributed by atoms with Crippen LogP contribution in [0.2, 0.25) is 0 Å². The van der Waals surface area contributed by atoms with E-state index in [-0.39, 0.29) is 12.3 Å². The van der Waals surface area contributed by atoms with Gasteiger partial charge in [-0.15, -0.1) is 0 Å². The third-order valence-electron chi connectivity index (χ3n) is 2.45. The van der Waals surface area contributed by atoms with Gasteiger partial charge in [-0.25, -0.2) is 0 Å². The summed E-state index contributed by atoms with van der Waals surface area (Å²) in [5, 5.41) is 15.5. The molecule has 0 bridgehead atoms. The second kappa shape index (κ2) is 4.39. The average molecular weight is 211 g/mol. The molecule has 1 fully saturated rings. The van der Waals surface area contributed by atoms with Crippen LogP contribution in [-0.2, 0) is 17.6 Å². The molecule has 1 unspecified atom stereocenters. The van der Waals surface area contributed by atoms with Gasteiger partial charge in [0.2, 0.25) is 5.89 Å². The van der Waals surface area contributed by atoms with Gasteiger partial charge >= 0.3 is 5.97 Å². The molecule has 15 heavy (non-hydrogen) atoms. The Kier molecular flexibility index (Phi) is 2.96. The molecule has 6 heteroatoms. The zero-order valence-corrected chi connectivity index (χ0v) is 8.27. The molecule has 0 aromatic carbocycles. The Morgan fingerprint density at radius 3 is 3.20 bits per heavy atom. The molecule has 0 spiro atoms. The highest BCUT2D eigenvalue weighted by Crippen LogP contribution is 2.13. The largest absolute Gasteiger partial charge is 0.481 e. The van der Waals surface area contributed by atoms with Gasteiger partial charge in [0.15, 0.2) is 5.82 Å². The molecule has 2 rings (SSSR count). The summed E-state index contributed by atoms with van der Waals surface area (Å²) in [6.45, 7) is 2.01. The summed E-state index contributed by atoms with van der Waals surface area (Å²) in [6, 6.07) is 0. The fourth-order valence-corrected chi connectivity index (χ4v) is 1.72. The van der Waals surface area contributed by atoms with Crippen molar-refractivity contribution in [2.45, 2.75) is 19.3 Å². The van der Waals surface area contributed by atoms with Crippen LogP contribution in [0.15, 0.2) is 4.52 Å². The third-order valence-corrected chi connectivity index (χ3v) is 2.45. The van der Waals surface area contributed by atoms with Gasteiger partial charge in [0, 0.05) is 6.42 Å². The number of carboxylic acid groups (broad SMARTS) is 1. The second-order valence-electron chi connectivity index (χ2n) is 3.74. The molecule has 82 valence electrons. The van der Waals surface area contributed by atoms with Crippen molar-refractivity contribution >= 4 is 5.97 Å². The first kappa shape index (κ1) is 10.1. The molecular formula is C9H13N3O3. The van der Waals surface area contributed by atoms with Crippen LogP contribution < -0.4 is 5.32 Å². The molecule has 1 aromatic heterocycles. The van der Waals surface area contributed by atoms with E-state index in [1.54, 1.807) is 0 Å². The van der Waals surface area contributed by atoms with E-state index in [9.17, 15) is 4.79 Å². The molecule has 6 nitrogen and oxygen atoms in total. The first-order chi connectivity index (χ1) is 7.24. The summed E-state index contributed by atoms with van der Waals surface area (Å²) in [5.41, 5.74) is 0. The van der Waals surface area contributed by atoms with E-state index in [0.717, 1.165) is 25.9 Å². The zero-order chi connectivity index (χ0) is 10.7. The lowest BCUT2D eigenvalue weighted by Gasteiger charge is -2.01. The maximum atomic E-state index is 10.4. The Bertz CT molecular complexity index is 344. The van der Waals surface area contributed by atoms with Crippen molar-refractivity contribution in [2.24, 2.45) is 5.92 Å². The van der Waals surface area contributed by atoms with Crippen LogP contribution in [0, 0.1) is 5.92 Å². The first-order valence-electron chi connectivity index (χ1n) is 4.98. The number of nitrogens with one attached hydrogen (secondary N) is 1. The van der Waals surface area contributed by atoms with Gasteiger partial charge < -0.3 is 14.9 Å². The molecule has 1 saturated heterocycles. The van der Waals surface area contributed by atoms with Crippen molar-refractivity contribution in [3.8, 4) is 0 Å². The van der Waals surface area contributed by atoms with E-state index in [2.05, 4.69) is 15.5 Å². The highest BCUT2D eigenvalue weighted by molar-refractivity contribution is 5.68. The van der Waals surface area contributed by atoms with Gasteiger partial charge in [0.1, 0.15) is 6.42 Å². The minimum atomic E-state index is -0.951. The van der Waals surface area contributed by atoms with Gasteiger partial charge in [-0.1, -0.05) is 5.16 Å².